The van der Waals surface area contributed by atoms with Gasteiger partial charge in [-0.1, -0.05) is 30.3 Å². The van der Waals surface area contributed by atoms with Crippen molar-refractivity contribution in [3.63, 3.8) is 0 Å². The molecule has 0 spiro atoms. The molecule has 1 saturated heterocycles. The molecular formula is C23H30N2O2. The van der Waals surface area contributed by atoms with Crippen LogP contribution in [0.3, 0.4) is 0 Å². The minimum Gasteiger partial charge on any atom is -0.339 e. The number of hydrogen-bond donors (Lipinski definition) is 0. The van der Waals surface area contributed by atoms with Gasteiger partial charge in [0, 0.05) is 37.2 Å². The van der Waals surface area contributed by atoms with Crippen molar-refractivity contribution in [1.29, 1.82) is 0 Å². The number of nitrogens with zero attached hydrogens (tertiary/aromatic N) is 2. The van der Waals surface area contributed by atoms with Gasteiger partial charge in [-0.05, 0) is 63.0 Å². The van der Waals surface area contributed by atoms with E-state index in [-0.39, 0.29) is 11.8 Å². The largest absolute Gasteiger partial charge is 0.339 e. The van der Waals surface area contributed by atoms with Crippen molar-refractivity contribution in [2.24, 2.45) is 11.8 Å². The van der Waals surface area contributed by atoms with E-state index < -0.39 is 0 Å². The molecule has 3 fully saturated rings. The average Bonchev–Trinajstić information content (AvgIpc) is 3.60. The molecule has 3 aliphatic rings. The lowest BCUT2D eigenvalue weighted by atomic mass is 9.94. The Balaban J connectivity index is 1.31. The van der Waals surface area contributed by atoms with Crippen LogP contribution in [0.2, 0.25) is 0 Å². The van der Waals surface area contributed by atoms with Crippen LogP contribution in [0.15, 0.2) is 36.4 Å². The molecule has 4 heteroatoms. The predicted molar refractivity (Wildman–Crippen MR) is 107 cm³/mol. The summed E-state index contributed by atoms with van der Waals surface area (Å²) in [7, 11) is 0. The van der Waals surface area contributed by atoms with E-state index in [9.17, 15) is 9.59 Å². The van der Waals surface area contributed by atoms with Crippen LogP contribution in [0.1, 0.15) is 51.0 Å². The highest BCUT2D eigenvalue weighted by atomic mass is 16.2. The van der Waals surface area contributed by atoms with Gasteiger partial charge in [0.2, 0.25) is 11.8 Å². The fourth-order valence-corrected chi connectivity index (χ4v) is 4.27. The first-order valence-corrected chi connectivity index (χ1v) is 10.5. The van der Waals surface area contributed by atoms with Crippen molar-refractivity contribution in [2.75, 3.05) is 13.1 Å². The first-order chi connectivity index (χ1) is 13.1. The van der Waals surface area contributed by atoms with Crippen LogP contribution < -0.4 is 0 Å². The molecule has 1 aromatic rings. The first-order valence-electron chi connectivity index (χ1n) is 10.5. The lowest BCUT2D eigenvalue weighted by Gasteiger charge is -2.36. The molecule has 1 heterocycles. The molecule has 0 radical (unpaired) electrons. The summed E-state index contributed by atoms with van der Waals surface area (Å²) in [6.07, 6.45) is 10.0. The third-order valence-electron chi connectivity index (χ3n) is 6.31. The summed E-state index contributed by atoms with van der Waals surface area (Å²) >= 11 is 0. The summed E-state index contributed by atoms with van der Waals surface area (Å²) in [6.45, 7) is 3.61. The van der Waals surface area contributed by atoms with Crippen LogP contribution in [0, 0.1) is 11.8 Å². The van der Waals surface area contributed by atoms with Crippen LogP contribution in [0.4, 0.5) is 0 Å². The number of rotatable bonds is 6. The van der Waals surface area contributed by atoms with E-state index in [4.69, 9.17) is 0 Å². The number of carbonyl (C=O) groups is 2. The lowest BCUT2D eigenvalue weighted by Crippen LogP contribution is -2.48. The number of piperidine rings is 1. The summed E-state index contributed by atoms with van der Waals surface area (Å²) in [6, 6.07) is 10.8. The van der Waals surface area contributed by atoms with Crippen LogP contribution in [0.25, 0.3) is 6.08 Å². The van der Waals surface area contributed by atoms with Gasteiger partial charge < -0.3 is 9.80 Å². The van der Waals surface area contributed by atoms with Gasteiger partial charge in [0.15, 0.2) is 0 Å². The second-order valence-corrected chi connectivity index (χ2v) is 8.40. The number of hydrogen-bond acceptors (Lipinski definition) is 2. The summed E-state index contributed by atoms with van der Waals surface area (Å²) in [5.74, 6) is 1.22. The highest BCUT2D eigenvalue weighted by Gasteiger charge is 2.43. The summed E-state index contributed by atoms with van der Waals surface area (Å²) in [5, 5.41) is 0. The Morgan fingerprint density at radius 3 is 2.30 bits per heavy atom. The van der Waals surface area contributed by atoms with Crippen LogP contribution in [0.5, 0.6) is 0 Å². The summed E-state index contributed by atoms with van der Waals surface area (Å²) < 4.78 is 0. The Hall–Kier alpha value is -2.10. The zero-order valence-corrected chi connectivity index (χ0v) is 16.2. The monoisotopic (exact) mass is 366 g/mol. The van der Waals surface area contributed by atoms with Crippen molar-refractivity contribution < 1.29 is 9.59 Å². The number of carbonyl (C=O) groups excluding carboxylic acids is 2. The molecule has 4 nitrogen and oxygen atoms in total. The fraction of sp³-hybridized carbons (Fsp3) is 0.565. The van der Waals surface area contributed by atoms with Gasteiger partial charge in [0.25, 0.3) is 0 Å². The van der Waals surface area contributed by atoms with Crippen molar-refractivity contribution in [3.8, 4) is 0 Å². The molecule has 0 unspecified atom stereocenters. The topological polar surface area (TPSA) is 40.6 Å². The quantitative estimate of drug-likeness (QED) is 0.720. The highest BCUT2D eigenvalue weighted by molar-refractivity contribution is 5.92. The minimum atomic E-state index is 0.0511. The molecular weight excluding hydrogens is 336 g/mol. The molecule has 1 atom stereocenters. The Morgan fingerprint density at radius 2 is 1.70 bits per heavy atom. The third-order valence-corrected chi connectivity index (χ3v) is 6.31. The lowest BCUT2D eigenvalue weighted by molar-refractivity contribution is -0.142. The molecule has 1 aliphatic heterocycles. The molecule has 27 heavy (non-hydrogen) atoms. The predicted octanol–water partition coefficient (Wildman–Crippen LogP) is 3.73. The van der Waals surface area contributed by atoms with Crippen molar-refractivity contribution >= 4 is 17.9 Å². The van der Waals surface area contributed by atoms with Gasteiger partial charge in [-0.2, -0.15) is 0 Å². The molecule has 4 rings (SSSR count). The number of amides is 2. The van der Waals surface area contributed by atoms with Crippen LogP contribution in [-0.2, 0) is 9.59 Å². The molecule has 2 saturated carbocycles. The van der Waals surface area contributed by atoms with Gasteiger partial charge in [-0.3, -0.25) is 9.59 Å². The van der Waals surface area contributed by atoms with E-state index >= 15 is 0 Å². The maximum Gasteiger partial charge on any atom is 0.246 e. The minimum absolute atomic E-state index is 0.0511. The molecule has 2 aliphatic carbocycles. The molecule has 1 aromatic carbocycles. The zero-order valence-electron chi connectivity index (χ0n) is 16.2. The fourth-order valence-electron chi connectivity index (χ4n) is 4.27. The Morgan fingerprint density at radius 1 is 1.04 bits per heavy atom. The first kappa shape index (κ1) is 18.3. The normalized spacial score (nSPS) is 22.0. The Labute approximate surface area is 162 Å². The Bertz CT molecular complexity index is 698. The van der Waals surface area contributed by atoms with Gasteiger partial charge in [0.1, 0.15) is 0 Å². The Kier molecular flexibility index (Phi) is 5.33. The molecule has 0 N–H and O–H groups in total. The van der Waals surface area contributed by atoms with E-state index in [1.165, 1.54) is 25.7 Å². The average molecular weight is 367 g/mol. The second-order valence-electron chi connectivity index (χ2n) is 8.40. The van der Waals surface area contributed by atoms with Crippen molar-refractivity contribution in [3.05, 3.63) is 42.0 Å². The smallest absolute Gasteiger partial charge is 0.246 e. The van der Waals surface area contributed by atoms with Gasteiger partial charge in [-0.15, -0.1) is 0 Å². The number of benzene rings is 1. The van der Waals surface area contributed by atoms with E-state index in [1.54, 1.807) is 6.08 Å². The summed E-state index contributed by atoms with van der Waals surface area (Å²) in [5.41, 5.74) is 1.03. The van der Waals surface area contributed by atoms with Crippen LogP contribution >= 0.6 is 0 Å². The maximum atomic E-state index is 13.1. The highest BCUT2D eigenvalue weighted by Crippen LogP contribution is 2.41. The second kappa shape index (κ2) is 7.87. The van der Waals surface area contributed by atoms with Crippen molar-refractivity contribution in [1.82, 2.24) is 9.80 Å². The maximum absolute atomic E-state index is 13.1. The third kappa shape index (κ3) is 4.42. The molecule has 0 aromatic heterocycles. The molecule has 0 bridgehead atoms. The summed E-state index contributed by atoms with van der Waals surface area (Å²) in [4.78, 5) is 29.7. The van der Waals surface area contributed by atoms with E-state index in [0.717, 1.165) is 24.3 Å². The van der Waals surface area contributed by atoms with Gasteiger partial charge in [0.05, 0.1) is 0 Å². The van der Waals surface area contributed by atoms with E-state index in [2.05, 4.69) is 11.8 Å². The SMILES string of the molecule is C[C@@H](C1CC1)N(C(=O)C1CCN(C(=O)/C=C/c2ccccc2)CC1)C1CC1. The van der Waals surface area contributed by atoms with Gasteiger partial charge in [-0.25, -0.2) is 0 Å². The molecule has 144 valence electrons. The van der Waals surface area contributed by atoms with E-state index in [0.29, 0.717) is 31.1 Å². The standard InChI is InChI=1S/C23H30N2O2/c1-17(19-8-9-19)25(21-10-11-21)23(27)20-13-15-24(16-14-20)22(26)12-7-18-5-3-2-4-6-18/h2-7,12,17,19-21H,8-11,13-16H2,1H3/b12-7+/t17-/m0/s1. The van der Waals surface area contributed by atoms with Crippen LogP contribution in [-0.4, -0.2) is 46.8 Å². The van der Waals surface area contributed by atoms with E-state index in [1.807, 2.05) is 41.3 Å². The molecule has 2 amide bonds. The zero-order chi connectivity index (χ0) is 18.8. The van der Waals surface area contributed by atoms with Gasteiger partial charge >= 0.3 is 0 Å². The number of likely N-dealkylation sites (tertiary alicyclic amines) is 1. The van der Waals surface area contributed by atoms with Crippen molar-refractivity contribution in [2.45, 2.75) is 57.5 Å².